The van der Waals surface area contributed by atoms with Gasteiger partial charge in [-0.2, -0.15) is 5.10 Å². The van der Waals surface area contributed by atoms with E-state index in [9.17, 15) is 9.59 Å². The Morgan fingerprint density at radius 3 is 2.62 bits per heavy atom. The molecule has 0 spiro atoms. The third kappa shape index (κ3) is 3.47. The van der Waals surface area contributed by atoms with Crippen LogP contribution in [0.2, 0.25) is 0 Å². The third-order valence-electron chi connectivity index (χ3n) is 5.07. The molecule has 7 heteroatoms. The lowest BCUT2D eigenvalue weighted by Crippen LogP contribution is -2.36. The lowest BCUT2D eigenvalue weighted by molar-refractivity contribution is -0.125. The van der Waals surface area contributed by atoms with E-state index in [1.165, 1.54) is 0 Å². The van der Waals surface area contributed by atoms with Crippen molar-refractivity contribution in [3.8, 4) is 17.0 Å². The van der Waals surface area contributed by atoms with Gasteiger partial charge in [0.25, 0.3) is 0 Å². The molecule has 1 aliphatic rings. The molecule has 0 radical (unpaired) electrons. The van der Waals surface area contributed by atoms with Gasteiger partial charge in [0.1, 0.15) is 17.6 Å². The number of hydrogen-bond donors (Lipinski definition) is 2. The average molecular weight is 390 g/mol. The average Bonchev–Trinajstić information content (AvgIpc) is 3.05. The molecule has 2 aromatic carbocycles. The number of ether oxygens (including phenoxy) is 1. The minimum Gasteiger partial charge on any atom is -0.495 e. The van der Waals surface area contributed by atoms with Gasteiger partial charge in [0.15, 0.2) is 0 Å². The number of anilines is 2. The van der Waals surface area contributed by atoms with Gasteiger partial charge in [-0.25, -0.2) is 4.68 Å². The molecule has 1 atom stereocenters. The fourth-order valence-electron chi connectivity index (χ4n) is 3.49. The van der Waals surface area contributed by atoms with E-state index in [-0.39, 0.29) is 18.2 Å². The summed E-state index contributed by atoms with van der Waals surface area (Å²) in [5.74, 6) is 0.579. The van der Waals surface area contributed by atoms with E-state index < -0.39 is 6.04 Å². The van der Waals surface area contributed by atoms with Crippen LogP contribution in [-0.4, -0.2) is 28.7 Å². The smallest absolute Gasteiger partial charge is 0.249 e. The van der Waals surface area contributed by atoms with Crippen molar-refractivity contribution in [3.05, 3.63) is 59.7 Å². The molecule has 1 unspecified atom stereocenters. The molecule has 0 bridgehead atoms. The van der Waals surface area contributed by atoms with Crippen molar-refractivity contribution in [2.24, 2.45) is 0 Å². The van der Waals surface area contributed by atoms with Crippen LogP contribution in [0.4, 0.5) is 11.5 Å². The molecule has 29 heavy (non-hydrogen) atoms. The summed E-state index contributed by atoms with van der Waals surface area (Å²) in [5, 5.41) is 10.4. The van der Waals surface area contributed by atoms with Crippen LogP contribution in [0.15, 0.2) is 48.5 Å². The summed E-state index contributed by atoms with van der Waals surface area (Å²) in [6, 6.07) is 14.4. The van der Waals surface area contributed by atoms with E-state index >= 15 is 0 Å². The van der Waals surface area contributed by atoms with E-state index in [4.69, 9.17) is 4.74 Å². The molecule has 0 fully saturated rings. The summed E-state index contributed by atoms with van der Waals surface area (Å²) >= 11 is 0. The maximum absolute atomic E-state index is 13.0. The number of para-hydroxylation sites is 2. The van der Waals surface area contributed by atoms with Gasteiger partial charge in [-0.3, -0.25) is 9.59 Å². The zero-order valence-corrected chi connectivity index (χ0v) is 16.5. The van der Waals surface area contributed by atoms with E-state index in [1.807, 2.05) is 50.2 Å². The van der Waals surface area contributed by atoms with Crippen LogP contribution in [-0.2, 0) is 9.59 Å². The first kappa shape index (κ1) is 18.7. The van der Waals surface area contributed by atoms with Gasteiger partial charge < -0.3 is 15.4 Å². The first-order valence-corrected chi connectivity index (χ1v) is 9.38. The number of fused-ring (bicyclic) bond motifs is 1. The summed E-state index contributed by atoms with van der Waals surface area (Å²) in [6.07, 6.45) is 0.0163. The third-order valence-corrected chi connectivity index (χ3v) is 5.07. The van der Waals surface area contributed by atoms with E-state index in [2.05, 4.69) is 15.7 Å². The summed E-state index contributed by atoms with van der Waals surface area (Å²) in [4.78, 5) is 25.3. The van der Waals surface area contributed by atoms with Gasteiger partial charge >= 0.3 is 0 Å². The molecule has 4 rings (SSSR count). The number of amides is 2. The number of carbonyl (C=O) groups excluding carboxylic acids is 2. The van der Waals surface area contributed by atoms with Gasteiger partial charge in [-0.05, 0) is 26.0 Å². The second-order valence-electron chi connectivity index (χ2n) is 7.09. The summed E-state index contributed by atoms with van der Waals surface area (Å²) < 4.78 is 6.91. The Morgan fingerprint density at radius 1 is 1.17 bits per heavy atom. The molecule has 2 N–H and O–H groups in total. The predicted octanol–water partition coefficient (Wildman–Crippen LogP) is 3.70. The highest BCUT2D eigenvalue weighted by Crippen LogP contribution is 2.35. The zero-order chi connectivity index (χ0) is 20.5. The van der Waals surface area contributed by atoms with Gasteiger partial charge in [0.05, 0.1) is 24.9 Å². The lowest BCUT2D eigenvalue weighted by Gasteiger charge is -2.24. The number of nitrogens with one attached hydrogen (secondary N) is 2. The normalized spacial score (nSPS) is 15.4. The van der Waals surface area contributed by atoms with Crippen molar-refractivity contribution in [1.82, 2.24) is 9.78 Å². The van der Waals surface area contributed by atoms with Gasteiger partial charge in [-0.1, -0.05) is 42.0 Å². The molecular weight excluding hydrogens is 368 g/mol. The number of aryl methyl sites for hydroxylation is 1. The maximum Gasteiger partial charge on any atom is 0.249 e. The van der Waals surface area contributed by atoms with E-state index in [1.54, 1.807) is 23.9 Å². The van der Waals surface area contributed by atoms with E-state index in [0.29, 0.717) is 17.3 Å². The summed E-state index contributed by atoms with van der Waals surface area (Å²) in [6.45, 7) is 3.92. The number of hydrogen-bond acceptors (Lipinski definition) is 4. The fraction of sp³-hybridized carbons (Fsp3) is 0.227. The second-order valence-corrected chi connectivity index (χ2v) is 7.09. The van der Waals surface area contributed by atoms with Crippen LogP contribution in [0.25, 0.3) is 11.3 Å². The molecule has 1 aliphatic heterocycles. The van der Waals surface area contributed by atoms with Gasteiger partial charge in [-0.15, -0.1) is 0 Å². The fourth-order valence-corrected chi connectivity index (χ4v) is 3.49. The van der Waals surface area contributed by atoms with Crippen LogP contribution in [0, 0.1) is 13.8 Å². The van der Waals surface area contributed by atoms with Gasteiger partial charge in [0, 0.05) is 11.1 Å². The van der Waals surface area contributed by atoms with Crippen molar-refractivity contribution in [3.63, 3.8) is 0 Å². The first-order valence-electron chi connectivity index (χ1n) is 9.38. The number of aromatic nitrogens is 2. The summed E-state index contributed by atoms with van der Waals surface area (Å²) in [5.41, 5.74) is 4.22. The Labute approximate surface area is 168 Å². The van der Waals surface area contributed by atoms with E-state index in [0.717, 1.165) is 22.4 Å². The number of rotatable bonds is 4. The largest absolute Gasteiger partial charge is 0.495 e. The van der Waals surface area contributed by atoms with Crippen LogP contribution >= 0.6 is 0 Å². The molecular formula is C22H22N4O3. The monoisotopic (exact) mass is 390 g/mol. The first-order chi connectivity index (χ1) is 14.0. The Balaban J connectivity index is 1.70. The number of benzene rings is 2. The van der Waals surface area contributed by atoms with Crippen molar-refractivity contribution in [2.45, 2.75) is 26.3 Å². The maximum atomic E-state index is 13.0. The molecule has 0 aliphatic carbocycles. The number of methoxy groups -OCH3 is 1. The Bertz CT molecular complexity index is 1090. The van der Waals surface area contributed by atoms with Crippen molar-refractivity contribution in [2.75, 3.05) is 17.7 Å². The van der Waals surface area contributed by atoms with Crippen molar-refractivity contribution >= 4 is 23.3 Å². The SMILES string of the molecule is COc1ccccc1NC(=O)C1CC(=O)Nc2c(C)c(-c3ccc(C)cc3)nn21. The second kappa shape index (κ2) is 7.43. The molecule has 0 saturated carbocycles. The standard InChI is InChI=1S/C22H22N4O3/c1-13-8-10-15(11-9-13)20-14(2)21-24-19(27)12-17(26(21)25-20)22(28)23-16-6-4-5-7-18(16)29-3/h4-11,17H,12H2,1-3H3,(H,23,28)(H,24,27). The highest BCUT2D eigenvalue weighted by molar-refractivity contribution is 6.02. The van der Waals surface area contributed by atoms with Crippen LogP contribution in [0.1, 0.15) is 23.6 Å². The lowest BCUT2D eigenvalue weighted by atomic mass is 10.1. The highest BCUT2D eigenvalue weighted by atomic mass is 16.5. The Hall–Kier alpha value is -3.61. The molecule has 2 amide bonds. The molecule has 7 nitrogen and oxygen atoms in total. The molecule has 148 valence electrons. The Morgan fingerprint density at radius 2 is 1.90 bits per heavy atom. The minimum absolute atomic E-state index is 0.0163. The quantitative estimate of drug-likeness (QED) is 0.711. The minimum atomic E-state index is -0.749. The molecule has 0 saturated heterocycles. The van der Waals surface area contributed by atoms with Crippen LogP contribution in [0.5, 0.6) is 5.75 Å². The predicted molar refractivity (Wildman–Crippen MR) is 111 cm³/mol. The molecule has 1 aromatic heterocycles. The highest BCUT2D eigenvalue weighted by Gasteiger charge is 2.34. The number of carbonyl (C=O) groups is 2. The molecule has 3 aromatic rings. The van der Waals surface area contributed by atoms with Gasteiger partial charge in [0.2, 0.25) is 11.8 Å². The van der Waals surface area contributed by atoms with Crippen LogP contribution < -0.4 is 15.4 Å². The van der Waals surface area contributed by atoms with Crippen LogP contribution in [0.3, 0.4) is 0 Å². The molecule has 2 heterocycles. The summed E-state index contributed by atoms with van der Waals surface area (Å²) in [7, 11) is 1.54. The Kier molecular flexibility index (Phi) is 4.80. The number of nitrogens with zero attached hydrogens (tertiary/aromatic N) is 2. The zero-order valence-electron chi connectivity index (χ0n) is 16.5. The van der Waals surface area contributed by atoms with Crippen molar-refractivity contribution in [1.29, 1.82) is 0 Å². The topological polar surface area (TPSA) is 85.2 Å². The van der Waals surface area contributed by atoms with Crippen molar-refractivity contribution < 1.29 is 14.3 Å².